The fourth-order valence-electron chi connectivity index (χ4n) is 1.21. The van der Waals surface area contributed by atoms with E-state index in [-0.39, 0.29) is 11.4 Å². The van der Waals surface area contributed by atoms with Crippen LogP contribution in [0.2, 0.25) is 0 Å². The molecule has 0 atom stereocenters. The molecule has 0 aliphatic rings. The molecule has 10 heteroatoms. The number of nitro groups is 1. The second kappa shape index (κ2) is 6.13. The molecule has 0 radical (unpaired) electrons. The number of urea groups is 1. The average Bonchev–Trinajstić information content (AvgIpc) is 2.37. The highest BCUT2D eigenvalue weighted by molar-refractivity contribution is 6.39. The Morgan fingerprint density at radius 1 is 1.20 bits per heavy atom. The molecule has 0 unspecified atom stereocenters. The number of hydrogen-bond acceptors (Lipinski definition) is 5. The number of nitrogens with zero attached hydrogens (tertiary/aromatic N) is 1. The highest BCUT2D eigenvalue weighted by Crippen LogP contribution is 2.21. The molecule has 0 heterocycles. The van der Waals surface area contributed by atoms with Crippen molar-refractivity contribution in [2.24, 2.45) is 5.73 Å². The number of anilines is 1. The van der Waals surface area contributed by atoms with Gasteiger partial charge in [0.2, 0.25) is 0 Å². The molecule has 1 aromatic carbocycles. The van der Waals surface area contributed by atoms with Gasteiger partial charge in [-0.25, -0.2) is 10.2 Å². The normalized spacial score (nSPS) is 9.45. The molecule has 0 spiro atoms. The third kappa shape index (κ3) is 3.94. The van der Waals surface area contributed by atoms with Crippen LogP contribution in [0, 0.1) is 17.0 Å². The number of non-ortho nitro benzene ring substituents is 1. The van der Waals surface area contributed by atoms with Crippen molar-refractivity contribution in [2.45, 2.75) is 6.92 Å². The predicted molar refractivity (Wildman–Crippen MR) is 67.3 cm³/mol. The van der Waals surface area contributed by atoms with Gasteiger partial charge in [0.25, 0.3) is 5.69 Å². The van der Waals surface area contributed by atoms with Crippen LogP contribution in [-0.4, -0.2) is 22.8 Å². The van der Waals surface area contributed by atoms with E-state index in [4.69, 9.17) is 5.73 Å². The summed E-state index contributed by atoms with van der Waals surface area (Å²) in [5, 5.41) is 12.8. The van der Waals surface area contributed by atoms with E-state index in [1.807, 2.05) is 0 Å². The number of rotatable bonds is 2. The summed E-state index contributed by atoms with van der Waals surface area (Å²) in [5.74, 6) is -2.28. The number of nitro benzene ring substituents is 1. The summed E-state index contributed by atoms with van der Waals surface area (Å²) >= 11 is 0. The lowest BCUT2D eigenvalue weighted by Gasteiger charge is -2.08. The number of carbonyl (C=O) groups excluding carboxylic acids is 3. The number of hydrogen-bond donors (Lipinski definition) is 4. The Morgan fingerprint density at radius 3 is 2.40 bits per heavy atom. The maximum Gasteiger partial charge on any atom is 0.330 e. The predicted octanol–water partition coefficient (Wildman–Crippen LogP) is -0.459. The van der Waals surface area contributed by atoms with Gasteiger partial charge in [-0.3, -0.25) is 25.1 Å². The zero-order valence-electron chi connectivity index (χ0n) is 10.3. The SMILES string of the molecule is Cc1ccc([N+](=O)[O-])cc1NC(=O)C(=O)NNC(N)=O. The summed E-state index contributed by atoms with van der Waals surface area (Å²) in [6, 6.07) is 2.76. The van der Waals surface area contributed by atoms with Crippen molar-refractivity contribution in [3.05, 3.63) is 33.9 Å². The number of benzene rings is 1. The summed E-state index contributed by atoms with van der Waals surface area (Å²) in [5.41, 5.74) is 8.58. The fraction of sp³-hybridized carbons (Fsp3) is 0.100. The van der Waals surface area contributed by atoms with E-state index in [0.29, 0.717) is 5.56 Å². The molecule has 0 aliphatic carbocycles. The molecule has 0 bridgehead atoms. The second-order valence-corrected chi connectivity index (χ2v) is 3.65. The smallest absolute Gasteiger partial charge is 0.330 e. The Morgan fingerprint density at radius 2 is 1.85 bits per heavy atom. The van der Waals surface area contributed by atoms with E-state index >= 15 is 0 Å². The highest BCUT2D eigenvalue weighted by Gasteiger charge is 2.16. The number of carbonyl (C=O) groups is 3. The molecule has 4 amide bonds. The lowest BCUT2D eigenvalue weighted by molar-refractivity contribution is -0.384. The summed E-state index contributed by atoms with van der Waals surface area (Å²) < 4.78 is 0. The number of hydrazine groups is 1. The van der Waals surface area contributed by atoms with Gasteiger partial charge in [0.15, 0.2) is 0 Å². The maximum absolute atomic E-state index is 11.5. The van der Waals surface area contributed by atoms with Crippen LogP contribution in [-0.2, 0) is 9.59 Å². The van der Waals surface area contributed by atoms with Crippen LogP contribution in [0.4, 0.5) is 16.2 Å². The Hall–Kier alpha value is -3.17. The molecule has 1 aromatic rings. The molecule has 10 nitrogen and oxygen atoms in total. The molecule has 20 heavy (non-hydrogen) atoms. The number of amides is 4. The van der Waals surface area contributed by atoms with Crippen LogP contribution in [0.25, 0.3) is 0 Å². The molecule has 5 N–H and O–H groups in total. The minimum atomic E-state index is -1.17. The molecule has 0 saturated heterocycles. The standard InChI is InChI=1S/C10H11N5O5/c1-5-2-3-6(15(19)20)4-7(5)12-8(16)9(17)13-14-10(11)18/h2-4H,1H3,(H,12,16)(H,13,17)(H3,11,14,18). The summed E-state index contributed by atoms with van der Waals surface area (Å²) in [4.78, 5) is 43.1. The topological polar surface area (TPSA) is 156 Å². The zero-order valence-corrected chi connectivity index (χ0v) is 10.3. The summed E-state index contributed by atoms with van der Waals surface area (Å²) in [7, 11) is 0. The minimum Gasteiger partial charge on any atom is -0.350 e. The molecule has 0 aromatic heterocycles. The van der Waals surface area contributed by atoms with E-state index in [2.05, 4.69) is 5.32 Å². The fourth-order valence-corrected chi connectivity index (χ4v) is 1.21. The van der Waals surface area contributed by atoms with E-state index in [9.17, 15) is 24.5 Å². The van der Waals surface area contributed by atoms with E-state index in [0.717, 1.165) is 6.07 Å². The Balaban J connectivity index is 2.79. The van der Waals surface area contributed by atoms with Gasteiger partial charge in [0, 0.05) is 12.1 Å². The van der Waals surface area contributed by atoms with Crippen molar-refractivity contribution in [1.29, 1.82) is 0 Å². The molecular weight excluding hydrogens is 270 g/mol. The largest absolute Gasteiger partial charge is 0.350 e. The number of primary amides is 1. The minimum absolute atomic E-state index is 0.110. The number of nitrogens with one attached hydrogen (secondary N) is 3. The maximum atomic E-state index is 11.5. The first kappa shape index (κ1) is 14.9. The van der Waals surface area contributed by atoms with Gasteiger partial charge in [-0.15, -0.1) is 0 Å². The second-order valence-electron chi connectivity index (χ2n) is 3.65. The van der Waals surface area contributed by atoms with Crippen molar-refractivity contribution in [2.75, 3.05) is 5.32 Å². The molecular formula is C10H11N5O5. The third-order valence-electron chi connectivity index (χ3n) is 2.19. The monoisotopic (exact) mass is 281 g/mol. The molecule has 1 rings (SSSR count). The van der Waals surface area contributed by atoms with Gasteiger partial charge >= 0.3 is 17.8 Å². The van der Waals surface area contributed by atoms with Gasteiger partial charge in [0.1, 0.15) is 0 Å². The summed E-state index contributed by atoms with van der Waals surface area (Å²) in [6.45, 7) is 1.60. The first-order chi connectivity index (χ1) is 9.31. The highest BCUT2D eigenvalue weighted by atomic mass is 16.6. The van der Waals surface area contributed by atoms with Crippen LogP contribution in [0.5, 0.6) is 0 Å². The Labute approximate surface area is 112 Å². The van der Waals surface area contributed by atoms with E-state index in [1.165, 1.54) is 12.1 Å². The van der Waals surface area contributed by atoms with Crippen molar-refractivity contribution >= 4 is 29.2 Å². The van der Waals surface area contributed by atoms with Crippen molar-refractivity contribution in [1.82, 2.24) is 10.9 Å². The lowest BCUT2D eigenvalue weighted by Crippen LogP contribution is -2.48. The van der Waals surface area contributed by atoms with Crippen LogP contribution in [0.15, 0.2) is 18.2 Å². The van der Waals surface area contributed by atoms with Gasteiger partial charge in [0.05, 0.1) is 10.6 Å². The zero-order chi connectivity index (χ0) is 15.3. The van der Waals surface area contributed by atoms with Gasteiger partial charge in [-0.1, -0.05) is 6.07 Å². The summed E-state index contributed by atoms with van der Waals surface area (Å²) in [6.07, 6.45) is 0. The lowest BCUT2D eigenvalue weighted by atomic mass is 10.2. The quantitative estimate of drug-likeness (QED) is 0.328. The Kier molecular flexibility index (Phi) is 4.56. The molecule has 0 fully saturated rings. The Bertz CT molecular complexity index is 585. The average molecular weight is 281 g/mol. The molecule has 0 aliphatic heterocycles. The van der Waals surface area contributed by atoms with E-state index < -0.39 is 22.8 Å². The van der Waals surface area contributed by atoms with Crippen molar-refractivity contribution < 1.29 is 19.3 Å². The van der Waals surface area contributed by atoms with Crippen molar-refractivity contribution in [3.63, 3.8) is 0 Å². The number of nitrogens with two attached hydrogens (primary N) is 1. The molecule has 0 saturated carbocycles. The van der Waals surface area contributed by atoms with Crippen LogP contribution in [0.1, 0.15) is 5.56 Å². The first-order valence-corrected chi connectivity index (χ1v) is 5.23. The van der Waals surface area contributed by atoms with Gasteiger partial charge in [-0.05, 0) is 12.5 Å². The van der Waals surface area contributed by atoms with Crippen molar-refractivity contribution in [3.8, 4) is 0 Å². The first-order valence-electron chi connectivity index (χ1n) is 5.23. The van der Waals surface area contributed by atoms with Gasteiger partial charge in [-0.2, -0.15) is 0 Å². The molecule has 106 valence electrons. The third-order valence-corrected chi connectivity index (χ3v) is 2.19. The van der Waals surface area contributed by atoms with Gasteiger partial charge < -0.3 is 11.1 Å². The van der Waals surface area contributed by atoms with Crippen LogP contribution < -0.4 is 21.9 Å². The van der Waals surface area contributed by atoms with Crippen LogP contribution in [0.3, 0.4) is 0 Å². The van der Waals surface area contributed by atoms with E-state index in [1.54, 1.807) is 17.8 Å². The van der Waals surface area contributed by atoms with Crippen LogP contribution >= 0.6 is 0 Å². The number of aryl methyl sites for hydroxylation is 1.